The summed E-state index contributed by atoms with van der Waals surface area (Å²) in [5.74, 6) is 1.48. The van der Waals surface area contributed by atoms with Gasteiger partial charge in [0.05, 0.1) is 5.02 Å². The van der Waals surface area contributed by atoms with Gasteiger partial charge in [-0.25, -0.2) is 9.97 Å². The Bertz CT molecular complexity index is 549. The third-order valence-corrected chi connectivity index (χ3v) is 3.68. The minimum atomic E-state index is 0.176. The van der Waals surface area contributed by atoms with Gasteiger partial charge in [-0.15, -0.1) is 0 Å². The van der Waals surface area contributed by atoms with E-state index in [2.05, 4.69) is 23.4 Å². The second-order valence-electron chi connectivity index (χ2n) is 4.71. The van der Waals surface area contributed by atoms with Crippen LogP contribution in [0.3, 0.4) is 0 Å². The number of pyridine rings is 1. The number of aliphatic hydroxyl groups is 1. The zero-order chi connectivity index (χ0) is 13.8. The number of halogens is 1. The first-order valence-electron chi connectivity index (χ1n) is 6.83. The molecule has 0 aromatic carbocycles. The molecule has 4 nitrogen and oxygen atoms in total. The van der Waals surface area contributed by atoms with E-state index in [-0.39, 0.29) is 6.61 Å². The van der Waals surface area contributed by atoms with Gasteiger partial charge in [-0.3, -0.25) is 0 Å². The lowest BCUT2D eigenvalue weighted by Crippen LogP contribution is -2.10. The van der Waals surface area contributed by atoms with Gasteiger partial charge in [-0.2, -0.15) is 0 Å². The molecule has 0 aliphatic heterocycles. The van der Waals surface area contributed by atoms with Crippen LogP contribution < -0.4 is 0 Å². The Kier molecular flexibility index (Phi) is 4.77. The Morgan fingerprint density at radius 3 is 2.74 bits per heavy atom. The first-order chi connectivity index (χ1) is 9.21. The normalized spacial score (nSPS) is 11.6. The molecule has 0 unspecified atom stereocenters. The summed E-state index contributed by atoms with van der Waals surface area (Å²) in [6.07, 6.45) is 4.46. The van der Waals surface area contributed by atoms with Crippen LogP contribution in [-0.4, -0.2) is 26.2 Å². The molecule has 0 aliphatic carbocycles. The van der Waals surface area contributed by atoms with Gasteiger partial charge in [-0.1, -0.05) is 25.4 Å². The Balaban J connectivity index is 2.53. The lowest BCUT2D eigenvalue weighted by atomic mass is 10.0. The van der Waals surface area contributed by atoms with Gasteiger partial charge in [-0.05, 0) is 25.3 Å². The van der Waals surface area contributed by atoms with Gasteiger partial charge in [0.15, 0.2) is 5.65 Å². The number of aliphatic hydroxyl groups excluding tert-OH is 1. The predicted octanol–water partition coefficient (Wildman–Crippen LogP) is 3.37. The van der Waals surface area contributed by atoms with E-state index in [1.807, 2.05) is 6.07 Å². The third kappa shape index (κ3) is 2.90. The molecule has 1 N–H and O–H groups in total. The highest BCUT2D eigenvalue weighted by atomic mass is 35.5. The van der Waals surface area contributed by atoms with Crippen LogP contribution >= 0.6 is 11.6 Å². The molecule has 2 rings (SSSR count). The monoisotopic (exact) mass is 281 g/mol. The Hall–Kier alpha value is -1.13. The highest BCUT2D eigenvalue weighted by molar-refractivity contribution is 6.31. The zero-order valence-corrected chi connectivity index (χ0v) is 12.2. The van der Waals surface area contributed by atoms with Gasteiger partial charge in [0.1, 0.15) is 11.3 Å². The van der Waals surface area contributed by atoms with E-state index in [0.29, 0.717) is 17.4 Å². The standard InChI is InChI=1S/C14H20ClN3O/c1-3-10(4-2)13-17-12-8-11(15)9-16-14(12)18(13)6-5-7-19/h8-10,19H,3-7H2,1-2H3. The number of rotatable bonds is 6. The maximum atomic E-state index is 9.05. The molecule has 0 aliphatic rings. The average molecular weight is 282 g/mol. The highest BCUT2D eigenvalue weighted by Crippen LogP contribution is 2.27. The second-order valence-corrected chi connectivity index (χ2v) is 5.14. The molecule has 2 heterocycles. The van der Waals surface area contributed by atoms with Gasteiger partial charge in [0, 0.05) is 25.3 Å². The van der Waals surface area contributed by atoms with E-state index in [4.69, 9.17) is 21.7 Å². The number of hydrogen-bond acceptors (Lipinski definition) is 3. The van der Waals surface area contributed by atoms with Crippen molar-refractivity contribution in [3.05, 3.63) is 23.1 Å². The molecule has 2 aromatic rings. The van der Waals surface area contributed by atoms with E-state index in [0.717, 1.165) is 36.4 Å². The second kappa shape index (κ2) is 6.35. The van der Waals surface area contributed by atoms with E-state index in [9.17, 15) is 0 Å². The first kappa shape index (κ1) is 14.3. The predicted molar refractivity (Wildman–Crippen MR) is 77.6 cm³/mol. The van der Waals surface area contributed by atoms with Crippen molar-refractivity contribution in [2.24, 2.45) is 0 Å². The van der Waals surface area contributed by atoms with Crippen LogP contribution in [0.5, 0.6) is 0 Å². The fraction of sp³-hybridized carbons (Fsp3) is 0.571. The molecule has 0 atom stereocenters. The molecular weight excluding hydrogens is 262 g/mol. The van der Waals surface area contributed by atoms with Crippen molar-refractivity contribution in [1.82, 2.24) is 14.5 Å². The molecule has 0 saturated carbocycles. The van der Waals surface area contributed by atoms with Crippen molar-refractivity contribution >= 4 is 22.8 Å². The van der Waals surface area contributed by atoms with Crippen LogP contribution in [0.1, 0.15) is 44.9 Å². The zero-order valence-electron chi connectivity index (χ0n) is 11.4. The van der Waals surface area contributed by atoms with Crippen LogP contribution in [-0.2, 0) is 6.54 Å². The van der Waals surface area contributed by atoms with Gasteiger partial charge in [0.25, 0.3) is 0 Å². The van der Waals surface area contributed by atoms with Gasteiger partial charge >= 0.3 is 0 Å². The number of hydrogen-bond donors (Lipinski definition) is 1. The minimum absolute atomic E-state index is 0.176. The lowest BCUT2D eigenvalue weighted by Gasteiger charge is -2.14. The summed E-state index contributed by atoms with van der Waals surface area (Å²) in [6, 6.07) is 1.85. The third-order valence-electron chi connectivity index (χ3n) is 3.47. The molecule has 0 saturated heterocycles. The fourth-order valence-corrected chi connectivity index (χ4v) is 2.57. The molecule has 19 heavy (non-hydrogen) atoms. The molecule has 0 radical (unpaired) electrons. The topological polar surface area (TPSA) is 50.9 Å². The Morgan fingerprint density at radius 1 is 1.37 bits per heavy atom. The van der Waals surface area contributed by atoms with E-state index < -0.39 is 0 Å². The fourth-order valence-electron chi connectivity index (χ4n) is 2.42. The summed E-state index contributed by atoms with van der Waals surface area (Å²) in [4.78, 5) is 9.09. The molecule has 0 bridgehead atoms. The number of fused-ring (bicyclic) bond motifs is 1. The number of nitrogens with zero attached hydrogens (tertiary/aromatic N) is 3. The largest absolute Gasteiger partial charge is 0.396 e. The number of aromatic nitrogens is 3. The molecule has 5 heteroatoms. The van der Waals surface area contributed by atoms with Gasteiger partial charge in [0.2, 0.25) is 0 Å². The van der Waals surface area contributed by atoms with Gasteiger partial charge < -0.3 is 9.67 Å². The number of imidazole rings is 1. The maximum Gasteiger partial charge on any atom is 0.160 e. The van der Waals surface area contributed by atoms with Crippen LogP contribution in [0.4, 0.5) is 0 Å². The molecule has 0 amide bonds. The summed E-state index contributed by atoms with van der Waals surface area (Å²) in [7, 11) is 0. The Morgan fingerprint density at radius 2 is 2.11 bits per heavy atom. The van der Waals surface area contributed by atoms with Crippen LogP contribution in [0.2, 0.25) is 5.02 Å². The van der Waals surface area contributed by atoms with Crippen molar-refractivity contribution in [1.29, 1.82) is 0 Å². The van der Waals surface area contributed by atoms with Crippen LogP contribution in [0.25, 0.3) is 11.2 Å². The SMILES string of the molecule is CCC(CC)c1nc2cc(Cl)cnc2n1CCCO. The first-order valence-corrected chi connectivity index (χ1v) is 7.21. The highest BCUT2D eigenvalue weighted by Gasteiger charge is 2.18. The van der Waals surface area contributed by atoms with Crippen molar-refractivity contribution in [2.75, 3.05) is 6.61 Å². The molecule has 0 spiro atoms. The smallest absolute Gasteiger partial charge is 0.160 e. The van der Waals surface area contributed by atoms with Crippen molar-refractivity contribution in [3.63, 3.8) is 0 Å². The van der Waals surface area contributed by atoms with E-state index >= 15 is 0 Å². The number of aryl methyl sites for hydroxylation is 1. The molecule has 104 valence electrons. The molecule has 2 aromatic heterocycles. The maximum absolute atomic E-state index is 9.05. The summed E-state index contributed by atoms with van der Waals surface area (Å²) >= 11 is 5.98. The molecular formula is C14H20ClN3O. The Labute approximate surface area is 118 Å². The summed E-state index contributed by atoms with van der Waals surface area (Å²) in [5.41, 5.74) is 1.70. The summed E-state index contributed by atoms with van der Waals surface area (Å²) in [5, 5.41) is 9.66. The van der Waals surface area contributed by atoms with E-state index in [1.54, 1.807) is 6.20 Å². The van der Waals surface area contributed by atoms with Crippen molar-refractivity contribution < 1.29 is 5.11 Å². The average Bonchev–Trinajstić information content (AvgIpc) is 2.75. The van der Waals surface area contributed by atoms with Crippen LogP contribution in [0, 0.1) is 0 Å². The van der Waals surface area contributed by atoms with Crippen LogP contribution in [0.15, 0.2) is 12.3 Å². The summed E-state index contributed by atoms with van der Waals surface area (Å²) in [6.45, 7) is 5.26. The minimum Gasteiger partial charge on any atom is -0.396 e. The molecule has 0 fully saturated rings. The quantitative estimate of drug-likeness (QED) is 0.883. The van der Waals surface area contributed by atoms with E-state index in [1.165, 1.54) is 0 Å². The van der Waals surface area contributed by atoms with Crippen molar-refractivity contribution in [3.8, 4) is 0 Å². The lowest BCUT2D eigenvalue weighted by molar-refractivity contribution is 0.279. The van der Waals surface area contributed by atoms with Crippen molar-refractivity contribution in [2.45, 2.75) is 45.6 Å². The summed E-state index contributed by atoms with van der Waals surface area (Å²) < 4.78 is 2.12.